The Labute approximate surface area is 148 Å². The molecule has 25 heavy (non-hydrogen) atoms. The highest BCUT2D eigenvalue weighted by Gasteiger charge is 2.32. The van der Waals surface area contributed by atoms with Crippen molar-refractivity contribution >= 4 is 5.91 Å². The Kier molecular flexibility index (Phi) is 6.10. The molecule has 1 aliphatic carbocycles. The number of hydrogen-bond donors (Lipinski definition) is 2. The van der Waals surface area contributed by atoms with Crippen LogP contribution >= 0.6 is 0 Å². The average molecular weight is 345 g/mol. The summed E-state index contributed by atoms with van der Waals surface area (Å²) in [6.07, 6.45) is 8.43. The number of aliphatic hydroxyl groups excluding tert-OH is 1. The van der Waals surface area contributed by atoms with Crippen LogP contribution < -0.4 is 5.73 Å². The van der Waals surface area contributed by atoms with Gasteiger partial charge in [0.15, 0.2) is 5.76 Å². The molecule has 1 aromatic carbocycles. The first-order valence-electron chi connectivity index (χ1n) is 9.14. The second-order valence-corrected chi connectivity index (χ2v) is 7.03. The van der Waals surface area contributed by atoms with E-state index in [0.717, 1.165) is 17.5 Å². The fourth-order valence-electron chi connectivity index (χ4n) is 3.78. The van der Waals surface area contributed by atoms with Crippen LogP contribution in [0.2, 0.25) is 0 Å². The van der Waals surface area contributed by atoms with E-state index in [9.17, 15) is 4.79 Å². The molecule has 1 fully saturated rings. The zero-order valence-electron chi connectivity index (χ0n) is 14.5. The summed E-state index contributed by atoms with van der Waals surface area (Å²) in [5.41, 5.74) is 7.32. The zero-order valence-corrected chi connectivity index (χ0v) is 14.5. The number of primary amides is 1. The molecule has 2 aliphatic rings. The van der Waals surface area contributed by atoms with Gasteiger partial charge < -0.3 is 20.3 Å². The van der Waals surface area contributed by atoms with Gasteiger partial charge in [0.25, 0.3) is 5.91 Å². The molecule has 1 amide bonds. The Balaban J connectivity index is 1.62. The lowest BCUT2D eigenvalue weighted by Gasteiger charge is -2.34. The number of carbonyl (C=O) groups is 1. The summed E-state index contributed by atoms with van der Waals surface area (Å²) in [5.74, 6) is 0.587. The topological polar surface area (TPSA) is 81.8 Å². The van der Waals surface area contributed by atoms with Gasteiger partial charge in [0.1, 0.15) is 0 Å². The minimum Gasteiger partial charge on any atom is -0.459 e. The lowest BCUT2D eigenvalue weighted by atomic mass is 9.77. The molecule has 0 saturated heterocycles. The molecule has 1 aliphatic heterocycles. The third-order valence-corrected chi connectivity index (χ3v) is 5.23. The van der Waals surface area contributed by atoms with Crippen LogP contribution in [0.3, 0.4) is 0 Å². The standard InChI is InChI=1S/C20H27NO4/c21-20(23)18-10-17(16-4-2-1-3-5-16)11-19(25-18)24-13-15-8-6-14(12-22)7-9-15/h6-10,16-17,19,22H,1-5,11-13H2,(H2,21,23)/t17-,19+/m1/s1. The Morgan fingerprint density at radius 2 is 1.84 bits per heavy atom. The SMILES string of the molecule is NC(=O)C1=C[C@@H](C2CCCCC2)C[C@@H](OCc2ccc(CO)cc2)O1. The molecule has 1 aromatic rings. The van der Waals surface area contributed by atoms with Gasteiger partial charge in [0, 0.05) is 6.42 Å². The van der Waals surface area contributed by atoms with Crippen LogP contribution in [-0.4, -0.2) is 17.3 Å². The molecule has 0 bridgehead atoms. The Morgan fingerprint density at radius 1 is 1.16 bits per heavy atom. The molecule has 0 aromatic heterocycles. The Hall–Kier alpha value is -1.85. The maximum atomic E-state index is 11.6. The van der Waals surface area contributed by atoms with Gasteiger partial charge in [-0.2, -0.15) is 0 Å². The molecule has 5 heteroatoms. The number of benzene rings is 1. The summed E-state index contributed by atoms with van der Waals surface area (Å²) < 4.78 is 11.6. The summed E-state index contributed by atoms with van der Waals surface area (Å²) in [4.78, 5) is 11.6. The third-order valence-electron chi connectivity index (χ3n) is 5.23. The van der Waals surface area contributed by atoms with Gasteiger partial charge in [0.2, 0.25) is 6.29 Å². The molecule has 5 nitrogen and oxygen atoms in total. The van der Waals surface area contributed by atoms with Crippen molar-refractivity contribution in [1.82, 2.24) is 0 Å². The van der Waals surface area contributed by atoms with Crippen LogP contribution in [0.1, 0.15) is 49.7 Å². The van der Waals surface area contributed by atoms with Gasteiger partial charge in [-0.1, -0.05) is 43.5 Å². The number of ether oxygens (including phenoxy) is 2. The second-order valence-electron chi connectivity index (χ2n) is 7.03. The molecule has 136 valence electrons. The van der Waals surface area contributed by atoms with E-state index in [-0.39, 0.29) is 12.4 Å². The molecule has 0 spiro atoms. The van der Waals surface area contributed by atoms with Crippen molar-refractivity contribution in [2.75, 3.05) is 0 Å². The van der Waals surface area contributed by atoms with Gasteiger partial charge in [-0.3, -0.25) is 4.79 Å². The van der Waals surface area contributed by atoms with Crippen LogP contribution in [0.4, 0.5) is 0 Å². The quantitative estimate of drug-likeness (QED) is 0.830. The van der Waals surface area contributed by atoms with Crippen LogP contribution in [0.15, 0.2) is 36.1 Å². The van der Waals surface area contributed by atoms with Crippen LogP contribution in [-0.2, 0) is 27.5 Å². The van der Waals surface area contributed by atoms with Crippen molar-refractivity contribution in [2.24, 2.45) is 17.6 Å². The average Bonchev–Trinajstić information content (AvgIpc) is 2.67. The highest BCUT2D eigenvalue weighted by atomic mass is 16.7. The first kappa shape index (κ1) is 18.0. The van der Waals surface area contributed by atoms with E-state index >= 15 is 0 Å². The zero-order chi connectivity index (χ0) is 17.6. The monoisotopic (exact) mass is 345 g/mol. The summed E-state index contributed by atoms with van der Waals surface area (Å²) in [7, 11) is 0. The molecule has 1 heterocycles. The Bertz CT molecular complexity index is 605. The lowest BCUT2D eigenvalue weighted by Crippen LogP contribution is -2.33. The molecular weight excluding hydrogens is 318 g/mol. The smallest absolute Gasteiger partial charge is 0.283 e. The normalized spacial score (nSPS) is 24.4. The summed E-state index contributed by atoms with van der Waals surface area (Å²) in [5, 5.41) is 9.10. The van der Waals surface area contributed by atoms with Gasteiger partial charge >= 0.3 is 0 Å². The molecule has 0 radical (unpaired) electrons. The molecule has 2 atom stereocenters. The maximum Gasteiger partial charge on any atom is 0.283 e. The van der Waals surface area contributed by atoms with E-state index in [0.29, 0.717) is 18.4 Å². The minimum absolute atomic E-state index is 0.0305. The van der Waals surface area contributed by atoms with Crippen LogP contribution in [0, 0.1) is 11.8 Å². The van der Waals surface area contributed by atoms with Gasteiger partial charge in [-0.05, 0) is 41.9 Å². The van der Waals surface area contributed by atoms with Crippen molar-refractivity contribution in [3.05, 3.63) is 47.2 Å². The van der Waals surface area contributed by atoms with Gasteiger partial charge in [-0.25, -0.2) is 0 Å². The predicted octanol–water partition coefficient (Wildman–Crippen LogP) is 3.01. The van der Waals surface area contributed by atoms with E-state index in [4.69, 9.17) is 20.3 Å². The maximum absolute atomic E-state index is 11.6. The van der Waals surface area contributed by atoms with E-state index in [2.05, 4.69) is 0 Å². The minimum atomic E-state index is -0.526. The molecule has 3 N–H and O–H groups in total. The van der Waals surface area contributed by atoms with E-state index in [1.807, 2.05) is 30.3 Å². The first-order valence-corrected chi connectivity index (χ1v) is 9.14. The van der Waals surface area contributed by atoms with E-state index in [1.54, 1.807) is 0 Å². The van der Waals surface area contributed by atoms with Crippen molar-refractivity contribution < 1.29 is 19.4 Å². The van der Waals surface area contributed by atoms with Crippen molar-refractivity contribution in [3.8, 4) is 0 Å². The largest absolute Gasteiger partial charge is 0.459 e. The van der Waals surface area contributed by atoms with E-state index < -0.39 is 12.2 Å². The first-order chi connectivity index (χ1) is 12.2. The van der Waals surface area contributed by atoms with Crippen LogP contribution in [0.5, 0.6) is 0 Å². The molecule has 3 rings (SSSR count). The third kappa shape index (κ3) is 4.83. The highest BCUT2D eigenvalue weighted by molar-refractivity contribution is 5.90. The van der Waals surface area contributed by atoms with E-state index in [1.165, 1.54) is 32.1 Å². The number of allylic oxidation sites excluding steroid dienone is 1. The molecule has 0 unspecified atom stereocenters. The fraction of sp³-hybridized carbons (Fsp3) is 0.550. The number of amides is 1. The number of rotatable bonds is 6. The summed E-state index contributed by atoms with van der Waals surface area (Å²) in [6.45, 7) is 0.433. The lowest BCUT2D eigenvalue weighted by molar-refractivity contribution is -0.154. The van der Waals surface area contributed by atoms with Crippen LogP contribution in [0.25, 0.3) is 0 Å². The molecular formula is C20H27NO4. The summed E-state index contributed by atoms with van der Waals surface area (Å²) >= 11 is 0. The Morgan fingerprint density at radius 3 is 2.48 bits per heavy atom. The van der Waals surface area contributed by atoms with Crippen molar-refractivity contribution in [3.63, 3.8) is 0 Å². The number of carbonyl (C=O) groups excluding carboxylic acids is 1. The van der Waals surface area contributed by atoms with Crippen molar-refractivity contribution in [2.45, 2.75) is 58.0 Å². The van der Waals surface area contributed by atoms with Crippen molar-refractivity contribution in [1.29, 1.82) is 0 Å². The van der Waals surface area contributed by atoms with Gasteiger partial charge in [-0.15, -0.1) is 0 Å². The number of aliphatic hydroxyl groups is 1. The molecule has 1 saturated carbocycles. The summed E-state index contributed by atoms with van der Waals surface area (Å²) in [6, 6.07) is 7.61. The second kappa shape index (κ2) is 8.50. The van der Waals surface area contributed by atoms with Gasteiger partial charge in [0.05, 0.1) is 13.2 Å². The number of hydrogen-bond acceptors (Lipinski definition) is 4. The number of nitrogens with two attached hydrogens (primary N) is 1. The highest BCUT2D eigenvalue weighted by Crippen LogP contribution is 2.37. The predicted molar refractivity (Wildman–Crippen MR) is 94.0 cm³/mol. The fourth-order valence-corrected chi connectivity index (χ4v) is 3.78.